The number of ether oxygens (including phenoxy) is 1. The third kappa shape index (κ3) is 5.68. The quantitative estimate of drug-likeness (QED) is 0.365. The highest BCUT2D eigenvalue weighted by molar-refractivity contribution is 6.00. The Hall–Kier alpha value is -4.15. The van der Waals surface area contributed by atoms with E-state index < -0.39 is 40.7 Å². The number of urea groups is 1. The third-order valence-electron chi connectivity index (χ3n) is 5.55. The maximum atomic E-state index is 13.2. The van der Waals surface area contributed by atoms with Crippen LogP contribution in [0.4, 0.5) is 33.7 Å². The first-order valence-corrected chi connectivity index (χ1v) is 10.4. The number of anilines is 2. The summed E-state index contributed by atoms with van der Waals surface area (Å²) in [5, 5.41) is 13.7. The van der Waals surface area contributed by atoms with Crippen molar-refractivity contribution in [3.05, 3.63) is 72.2 Å². The number of nitrogens with one attached hydrogen (secondary N) is 2. The van der Waals surface area contributed by atoms with Crippen molar-refractivity contribution in [3.63, 3.8) is 0 Å². The van der Waals surface area contributed by atoms with E-state index in [-0.39, 0.29) is 6.61 Å². The highest BCUT2D eigenvalue weighted by Gasteiger charge is 2.51. The summed E-state index contributed by atoms with van der Waals surface area (Å²) in [6, 6.07) is 10.9. The van der Waals surface area contributed by atoms with Gasteiger partial charge in [-0.3, -0.25) is 4.79 Å². The fourth-order valence-corrected chi connectivity index (χ4v) is 3.31. The molecule has 1 saturated carbocycles. The van der Waals surface area contributed by atoms with Gasteiger partial charge in [0.05, 0.1) is 11.3 Å². The predicted molar refractivity (Wildman–Crippen MR) is 119 cm³/mol. The molecule has 7 nitrogen and oxygen atoms in total. The lowest BCUT2D eigenvalue weighted by Crippen LogP contribution is -2.23. The summed E-state index contributed by atoms with van der Waals surface area (Å²) in [4.78, 5) is 27.6. The van der Waals surface area contributed by atoms with Gasteiger partial charge in [-0.15, -0.1) is 0 Å². The lowest BCUT2D eigenvalue weighted by atomic mass is 10.1. The van der Waals surface area contributed by atoms with Crippen LogP contribution in [0.5, 0.6) is 5.88 Å². The molecule has 11 heteroatoms. The van der Waals surface area contributed by atoms with Gasteiger partial charge in [0, 0.05) is 23.5 Å². The number of nitrogens with zero attached hydrogens (tertiary/aromatic N) is 1. The van der Waals surface area contributed by atoms with Crippen LogP contribution >= 0.6 is 0 Å². The number of carboxylic acid groups (broad SMARTS) is 1. The molecule has 3 N–H and O–H groups in total. The Bertz CT molecular complexity index is 1240. The van der Waals surface area contributed by atoms with Crippen molar-refractivity contribution in [1.82, 2.24) is 4.98 Å². The molecular formula is C24H19F4N3O4. The summed E-state index contributed by atoms with van der Waals surface area (Å²) in [7, 11) is 0. The summed E-state index contributed by atoms with van der Waals surface area (Å²) in [6.45, 7) is 0.0551. The molecule has 2 amide bonds. The maximum absolute atomic E-state index is 13.2. The number of alkyl halides is 3. The summed E-state index contributed by atoms with van der Waals surface area (Å²) < 4.78 is 58.0. The van der Waals surface area contributed by atoms with Gasteiger partial charge in [-0.05, 0) is 54.8 Å². The standard InChI is InChI=1S/C24H19F4N3O4/c25-16-4-7-19(18(11-16)24(26,27)28)31-22(34)30-17-5-1-14(2-6-17)15-3-8-20(29-12-15)35-13-23(9-10-23)21(32)33/h1-8,11-12H,9-10,13H2,(H,32,33)(H2,30,31,34). The number of aromatic nitrogens is 1. The van der Waals surface area contributed by atoms with E-state index in [1.54, 1.807) is 42.6 Å². The summed E-state index contributed by atoms with van der Waals surface area (Å²) in [5.74, 6) is -1.65. The van der Waals surface area contributed by atoms with Gasteiger partial charge in [0.25, 0.3) is 0 Å². The highest BCUT2D eigenvalue weighted by atomic mass is 19.4. The summed E-state index contributed by atoms with van der Waals surface area (Å²) in [5.41, 5.74) is -0.889. The highest BCUT2D eigenvalue weighted by Crippen LogP contribution is 2.46. The minimum absolute atomic E-state index is 0.0551. The Balaban J connectivity index is 1.36. The number of carboxylic acids is 1. The number of hydrogen-bond donors (Lipinski definition) is 3. The van der Waals surface area contributed by atoms with Crippen molar-refractivity contribution in [3.8, 4) is 17.0 Å². The molecule has 3 aromatic rings. The SMILES string of the molecule is O=C(Nc1ccc(-c2ccc(OCC3(C(=O)O)CC3)nc2)cc1)Nc1ccc(F)cc1C(F)(F)F. The third-order valence-corrected chi connectivity index (χ3v) is 5.55. The molecule has 1 fully saturated rings. The normalized spacial score (nSPS) is 14.2. The number of aliphatic carboxylic acids is 1. The average molecular weight is 489 g/mol. The molecule has 0 radical (unpaired) electrons. The van der Waals surface area contributed by atoms with Crippen molar-refractivity contribution >= 4 is 23.4 Å². The molecule has 1 aliphatic rings. The molecular weight excluding hydrogens is 470 g/mol. The molecule has 0 unspecified atom stereocenters. The zero-order chi connectivity index (χ0) is 25.2. The van der Waals surface area contributed by atoms with E-state index in [4.69, 9.17) is 4.74 Å². The molecule has 0 spiro atoms. The molecule has 35 heavy (non-hydrogen) atoms. The van der Waals surface area contributed by atoms with E-state index in [2.05, 4.69) is 15.6 Å². The number of benzene rings is 2. The van der Waals surface area contributed by atoms with Crippen LogP contribution in [0.3, 0.4) is 0 Å². The van der Waals surface area contributed by atoms with Crippen molar-refractivity contribution in [1.29, 1.82) is 0 Å². The van der Waals surface area contributed by atoms with Crippen LogP contribution < -0.4 is 15.4 Å². The Labute approximate surface area is 196 Å². The zero-order valence-electron chi connectivity index (χ0n) is 18.0. The summed E-state index contributed by atoms with van der Waals surface area (Å²) >= 11 is 0. The van der Waals surface area contributed by atoms with E-state index in [1.807, 2.05) is 0 Å². The number of pyridine rings is 1. The second-order valence-corrected chi connectivity index (χ2v) is 8.10. The molecule has 0 aliphatic heterocycles. The first kappa shape index (κ1) is 24.0. The average Bonchev–Trinajstić information content (AvgIpc) is 3.61. The van der Waals surface area contributed by atoms with Crippen LogP contribution in [0.1, 0.15) is 18.4 Å². The molecule has 0 bridgehead atoms. The molecule has 182 valence electrons. The van der Waals surface area contributed by atoms with Crippen molar-refractivity contribution in [2.75, 3.05) is 17.2 Å². The lowest BCUT2D eigenvalue weighted by Gasteiger charge is -2.14. The Morgan fingerprint density at radius 3 is 2.26 bits per heavy atom. The van der Waals surface area contributed by atoms with Crippen LogP contribution in [-0.2, 0) is 11.0 Å². The Morgan fingerprint density at radius 1 is 1.00 bits per heavy atom. The van der Waals surface area contributed by atoms with Crippen LogP contribution in [-0.4, -0.2) is 28.7 Å². The number of carbonyl (C=O) groups is 2. The molecule has 4 rings (SSSR count). The molecule has 0 atom stereocenters. The molecule has 1 aliphatic carbocycles. The van der Waals surface area contributed by atoms with E-state index >= 15 is 0 Å². The number of carbonyl (C=O) groups excluding carboxylic acids is 1. The Morgan fingerprint density at radius 2 is 1.69 bits per heavy atom. The predicted octanol–water partition coefficient (Wildman–Crippen LogP) is 5.79. The van der Waals surface area contributed by atoms with Gasteiger partial charge in [-0.25, -0.2) is 14.2 Å². The van der Waals surface area contributed by atoms with Gasteiger partial charge in [-0.2, -0.15) is 13.2 Å². The fraction of sp³-hybridized carbons (Fsp3) is 0.208. The summed E-state index contributed by atoms with van der Waals surface area (Å²) in [6.07, 6.45) is -2.13. The number of rotatable bonds is 7. The van der Waals surface area contributed by atoms with E-state index in [1.165, 1.54) is 0 Å². The fourth-order valence-electron chi connectivity index (χ4n) is 3.31. The van der Waals surface area contributed by atoms with Crippen molar-refractivity contribution in [2.45, 2.75) is 19.0 Å². The molecule has 0 saturated heterocycles. The largest absolute Gasteiger partial charge is 0.481 e. The molecule has 1 aromatic heterocycles. The maximum Gasteiger partial charge on any atom is 0.418 e. The van der Waals surface area contributed by atoms with Gasteiger partial charge in [0.1, 0.15) is 17.8 Å². The van der Waals surface area contributed by atoms with Gasteiger partial charge in [-0.1, -0.05) is 12.1 Å². The van der Waals surface area contributed by atoms with Gasteiger partial charge < -0.3 is 20.5 Å². The molecule has 1 heterocycles. The van der Waals surface area contributed by atoms with E-state index in [0.717, 1.165) is 23.3 Å². The van der Waals surface area contributed by atoms with Gasteiger partial charge in [0.2, 0.25) is 5.88 Å². The first-order chi connectivity index (χ1) is 16.6. The van der Waals surface area contributed by atoms with Crippen molar-refractivity contribution in [2.24, 2.45) is 5.41 Å². The minimum atomic E-state index is -4.84. The minimum Gasteiger partial charge on any atom is -0.481 e. The first-order valence-electron chi connectivity index (χ1n) is 10.4. The van der Waals surface area contributed by atoms with Crippen LogP contribution in [0.15, 0.2) is 60.8 Å². The number of halogens is 4. The van der Waals surface area contributed by atoms with Gasteiger partial charge >= 0.3 is 18.2 Å². The van der Waals surface area contributed by atoms with E-state index in [0.29, 0.717) is 30.5 Å². The zero-order valence-corrected chi connectivity index (χ0v) is 18.0. The number of amides is 2. The lowest BCUT2D eigenvalue weighted by molar-refractivity contribution is -0.144. The second kappa shape index (κ2) is 9.24. The topological polar surface area (TPSA) is 101 Å². The molecule has 2 aromatic carbocycles. The monoisotopic (exact) mass is 489 g/mol. The van der Waals surface area contributed by atoms with Crippen LogP contribution in [0.2, 0.25) is 0 Å². The van der Waals surface area contributed by atoms with Gasteiger partial charge in [0.15, 0.2) is 0 Å². The second-order valence-electron chi connectivity index (χ2n) is 8.10. The van der Waals surface area contributed by atoms with Crippen LogP contribution in [0.25, 0.3) is 11.1 Å². The van der Waals surface area contributed by atoms with E-state index in [9.17, 15) is 32.3 Å². The number of hydrogen-bond acceptors (Lipinski definition) is 4. The smallest absolute Gasteiger partial charge is 0.418 e. The van der Waals surface area contributed by atoms with Crippen LogP contribution in [0, 0.1) is 11.2 Å². The van der Waals surface area contributed by atoms with Crippen molar-refractivity contribution < 1.29 is 37.0 Å². The Kier molecular flexibility index (Phi) is 6.33.